The molecule has 0 bridgehead atoms. The van der Waals surface area contributed by atoms with E-state index in [9.17, 15) is 8.42 Å². The SMILES string of the molecule is F.NS(=O)(=O)c1nc2ccccc2s1. The topological polar surface area (TPSA) is 73.1 Å². The number of hydrogen-bond donors (Lipinski definition) is 1. The van der Waals surface area contributed by atoms with Gasteiger partial charge in [0.05, 0.1) is 10.2 Å². The second-order valence-electron chi connectivity index (χ2n) is 2.49. The minimum atomic E-state index is -3.66. The van der Waals surface area contributed by atoms with E-state index in [1.165, 1.54) is 0 Å². The highest BCUT2D eigenvalue weighted by Crippen LogP contribution is 2.23. The zero-order valence-corrected chi connectivity index (χ0v) is 8.51. The van der Waals surface area contributed by atoms with E-state index in [4.69, 9.17) is 5.14 Å². The molecule has 0 saturated heterocycles. The monoisotopic (exact) mass is 234 g/mol. The van der Waals surface area contributed by atoms with Crippen molar-refractivity contribution < 1.29 is 13.1 Å². The highest BCUT2D eigenvalue weighted by molar-refractivity contribution is 7.91. The number of halogens is 1. The number of hydrogen-bond acceptors (Lipinski definition) is 4. The van der Waals surface area contributed by atoms with E-state index in [-0.39, 0.29) is 9.04 Å². The molecule has 2 aromatic rings. The van der Waals surface area contributed by atoms with Gasteiger partial charge in [0.25, 0.3) is 10.0 Å². The molecule has 0 atom stereocenters. The molecule has 0 spiro atoms. The van der Waals surface area contributed by atoms with Gasteiger partial charge in [-0.2, -0.15) is 0 Å². The predicted molar refractivity (Wildman–Crippen MR) is 53.5 cm³/mol. The van der Waals surface area contributed by atoms with Crippen LogP contribution in [0.4, 0.5) is 4.70 Å². The lowest BCUT2D eigenvalue weighted by atomic mass is 10.3. The Labute approximate surface area is 83.8 Å². The van der Waals surface area contributed by atoms with Crippen LogP contribution in [0.1, 0.15) is 0 Å². The summed E-state index contributed by atoms with van der Waals surface area (Å²) in [5.74, 6) is 0. The van der Waals surface area contributed by atoms with Crippen LogP contribution in [0.3, 0.4) is 0 Å². The van der Waals surface area contributed by atoms with E-state index < -0.39 is 10.0 Å². The average molecular weight is 234 g/mol. The summed E-state index contributed by atoms with van der Waals surface area (Å²) in [7, 11) is -3.66. The third-order valence-corrected chi connectivity index (χ3v) is 3.87. The van der Waals surface area contributed by atoms with Gasteiger partial charge in [0, 0.05) is 0 Å². The summed E-state index contributed by atoms with van der Waals surface area (Å²) in [6.07, 6.45) is 0. The van der Waals surface area contributed by atoms with Crippen molar-refractivity contribution in [3.8, 4) is 0 Å². The lowest BCUT2D eigenvalue weighted by Gasteiger charge is -1.85. The van der Waals surface area contributed by atoms with Crippen molar-refractivity contribution in [3.63, 3.8) is 0 Å². The average Bonchev–Trinajstić information content (AvgIpc) is 2.45. The van der Waals surface area contributed by atoms with Gasteiger partial charge in [0.1, 0.15) is 0 Å². The van der Waals surface area contributed by atoms with Crippen LogP contribution < -0.4 is 5.14 Å². The van der Waals surface area contributed by atoms with Gasteiger partial charge >= 0.3 is 0 Å². The number of nitrogens with zero attached hydrogens (tertiary/aromatic N) is 1. The lowest BCUT2D eigenvalue weighted by molar-refractivity contribution is 0.597. The molecule has 1 aromatic heterocycles. The number of rotatable bonds is 1. The van der Waals surface area contributed by atoms with Gasteiger partial charge in [0.2, 0.25) is 4.34 Å². The maximum absolute atomic E-state index is 10.9. The van der Waals surface area contributed by atoms with E-state index >= 15 is 0 Å². The molecular weight excluding hydrogens is 227 g/mol. The Balaban J connectivity index is 0.000000980. The van der Waals surface area contributed by atoms with Gasteiger partial charge < -0.3 is 0 Å². The first kappa shape index (κ1) is 11.0. The molecule has 0 fully saturated rings. The summed E-state index contributed by atoms with van der Waals surface area (Å²) in [6.45, 7) is 0. The van der Waals surface area contributed by atoms with Gasteiger partial charge in [-0.3, -0.25) is 4.70 Å². The Morgan fingerprint density at radius 3 is 2.50 bits per heavy atom. The number of thiazole rings is 1. The zero-order valence-electron chi connectivity index (χ0n) is 6.88. The van der Waals surface area contributed by atoms with E-state index in [2.05, 4.69) is 4.98 Å². The van der Waals surface area contributed by atoms with Crippen LogP contribution >= 0.6 is 11.3 Å². The van der Waals surface area contributed by atoms with E-state index in [0.29, 0.717) is 5.52 Å². The number of primary sulfonamides is 1. The Kier molecular flexibility index (Phi) is 2.84. The molecule has 1 heterocycles. The maximum atomic E-state index is 10.9. The van der Waals surface area contributed by atoms with Crippen molar-refractivity contribution in [3.05, 3.63) is 24.3 Å². The molecule has 7 heteroatoms. The van der Waals surface area contributed by atoms with Crippen molar-refractivity contribution in [2.45, 2.75) is 4.34 Å². The van der Waals surface area contributed by atoms with Crippen LogP contribution in [0.15, 0.2) is 28.6 Å². The standard InChI is InChI=1S/C7H6N2O2S2.FH/c8-13(10,11)7-9-5-3-1-2-4-6(5)12-7;/h1-4H,(H2,8,10,11);1H. The highest BCUT2D eigenvalue weighted by atomic mass is 32.2. The molecule has 2 N–H and O–H groups in total. The summed E-state index contributed by atoms with van der Waals surface area (Å²) in [6, 6.07) is 7.19. The minimum absolute atomic E-state index is 0. The molecule has 0 unspecified atom stereocenters. The number of sulfonamides is 1. The number of benzene rings is 1. The first-order valence-corrected chi connectivity index (χ1v) is 5.82. The third kappa shape index (κ3) is 1.89. The van der Waals surface area contributed by atoms with Crippen LogP contribution in [-0.2, 0) is 10.0 Å². The molecule has 0 saturated carbocycles. The Morgan fingerprint density at radius 1 is 1.29 bits per heavy atom. The minimum Gasteiger partial charge on any atom is -0.269 e. The van der Waals surface area contributed by atoms with Gasteiger partial charge in [-0.1, -0.05) is 12.1 Å². The first-order chi connectivity index (χ1) is 6.07. The smallest absolute Gasteiger partial charge is 0.265 e. The van der Waals surface area contributed by atoms with E-state index in [1.54, 1.807) is 12.1 Å². The van der Waals surface area contributed by atoms with Crippen molar-refractivity contribution in [2.75, 3.05) is 0 Å². The highest BCUT2D eigenvalue weighted by Gasteiger charge is 2.13. The number of fused-ring (bicyclic) bond motifs is 1. The van der Waals surface area contributed by atoms with Crippen molar-refractivity contribution in [2.24, 2.45) is 5.14 Å². The van der Waals surface area contributed by atoms with Gasteiger partial charge in [-0.05, 0) is 12.1 Å². The number of nitrogens with two attached hydrogens (primary N) is 1. The van der Waals surface area contributed by atoms with Gasteiger partial charge in [-0.15, -0.1) is 11.3 Å². The molecule has 0 aliphatic heterocycles. The fourth-order valence-electron chi connectivity index (χ4n) is 0.973. The summed E-state index contributed by atoms with van der Waals surface area (Å²) in [4.78, 5) is 3.89. The summed E-state index contributed by atoms with van der Waals surface area (Å²) >= 11 is 1.08. The summed E-state index contributed by atoms with van der Waals surface area (Å²) < 4.78 is 22.6. The maximum Gasteiger partial charge on any atom is 0.265 e. The fraction of sp³-hybridized carbons (Fsp3) is 0. The second kappa shape index (κ2) is 3.60. The normalized spacial score (nSPS) is 11.2. The number of aromatic nitrogens is 1. The van der Waals surface area contributed by atoms with Crippen LogP contribution in [-0.4, -0.2) is 13.4 Å². The van der Waals surface area contributed by atoms with E-state index in [1.807, 2.05) is 12.1 Å². The quantitative estimate of drug-likeness (QED) is 0.802. The van der Waals surface area contributed by atoms with Crippen LogP contribution in [0, 0.1) is 0 Å². The Bertz CT molecular complexity index is 517. The number of para-hydroxylation sites is 1. The molecule has 0 radical (unpaired) electrons. The van der Waals surface area contributed by atoms with Crippen molar-refractivity contribution in [1.82, 2.24) is 4.98 Å². The molecule has 0 amide bonds. The molecule has 2 rings (SSSR count). The largest absolute Gasteiger partial charge is 0.269 e. The van der Waals surface area contributed by atoms with Crippen molar-refractivity contribution >= 4 is 31.6 Å². The summed E-state index contributed by atoms with van der Waals surface area (Å²) in [5, 5.41) is 4.94. The predicted octanol–water partition coefficient (Wildman–Crippen LogP) is 1.10. The Morgan fingerprint density at radius 2 is 1.93 bits per heavy atom. The van der Waals surface area contributed by atoms with Gasteiger partial charge in [-0.25, -0.2) is 18.5 Å². The molecule has 0 aliphatic rings. The van der Waals surface area contributed by atoms with Crippen LogP contribution in [0.2, 0.25) is 0 Å². The second-order valence-corrected chi connectivity index (χ2v) is 5.26. The molecule has 14 heavy (non-hydrogen) atoms. The lowest BCUT2D eigenvalue weighted by Crippen LogP contribution is -2.11. The fourth-order valence-corrected chi connectivity index (χ4v) is 2.63. The molecular formula is C7H7FN2O2S2. The molecule has 4 nitrogen and oxygen atoms in total. The third-order valence-electron chi connectivity index (χ3n) is 1.52. The zero-order chi connectivity index (χ0) is 9.47. The first-order valence-electron chi connectivity index (χ1n) is 3.46. The molecule has 1 aromatic carbocycles. The van der Waals surface area contributed by atoms with E-state index in [0.717, 1.165) is 16.0 Å². The Hall–Kier alpha value is -1.05. The van der Waals surface area contributed by atoms with Crippen LogP contribution in [0.5, 0.6) is 0 Å². The molecule has 76 valence electrons. The summed E-state index contributed by atoms with van der Waals surface area (Å²) in [5.41, 5.74) is 0.663. The van der Waals surface area contributed by atoms with Crippen LogP contribution in [0.25, 0.3) is 10.2 Å². The van der Waals surface area contributed by atoms with Gasteiger partial charge in [0.15, 0.2) is 0 Å². The van der Waals surface area contributed by atoms with Crippen molar-refractivity contribution in [1.29, 1.82) is 0 Å². The molecule has 0 aliphatic carbocycles.